The van der Waals surface area contributed by atoms with Crippen molar-refractivity contribution in [1.82, 2.24) is 9.78 Å². The first-order valence-electron chi connectivity index (χ1n) is 5.43. The smallest absolute Gasteiger partial charge is 0.264 e. The van der Waals surface area contributed by atoms with Crippen molar-refractivity contribution in [2.75, 3.05) is 37.1 Å². The van der Waals surface area contributed by atoms with Crippen LogP contribution >= 0.6 is 0 Å². The molecule has 1 aromatic heterocycles. The van der Waals surface area contributed by atoms with E-state index in [4.69, 9.17) is 15.0 Å². The standard InChI is InChI=1S/C9H18N4O4S/c1-17-5-3-11-9-8(10)7-12-13(9)4-2-6-18(14,15)16/h7,11H,2-6,10H2,1H3,(H,14,15,16). The molecule has 1 rings (SSSR count). The van der Waals surface area contributed by atoms with Crippen LogP contribution in [0.15, 0.2) is 6.20 Å². The number of rotatable bonds is 8. The monoisotopic (exact) mass is 278 g/mol. The number of nitrogens with one attached hydrogen (secondary N) is 1. The summed E-state index contributed by atoms with van der Waals surface area (Å²) < 4.78 is 36.3. The molecule has 1 aromatic rings. The predicted molar refractivity (Wildman–Crippen MR) is 68.0 cm³/mol. The van der Waals surface area contributed by atoms with E-state index >= 15 is 0 Å². The zero-order valence-electron chi connectivity index (χ0n) is 10.2. The predicted octanol–water partition coefficient (Wildman–Crippen LogP) is -0.198. The third-order valence-corrected chi connectivity index (χ3v) is 3.04. The Bertz CT molecular complexity index is 471. The molecule has 9 heteroatoms. The van der Waals surface area contributed by atoms with Gasteiger partial charge in [0.05, 0.1) is 24.2 Å². The fraction of sp³-hybridized carbons (Fsp3) is 0.667. The van der Waals surface area contributed by atoms with Crippen LogP contribution in [-0.4, -0.2) is 48.8 Å². The minimum absolute atomic E-state index is 0.263. The highest BCUT2D eigenvalue weighted by molar-refractivity contribution is 7.85. The molecule has 0 saturated heterocycles. The average Bonchev–Trinajstić information content (AvgIpc) is 2.60. The van der Waals surface area contributed by atoms with Gasteiger partial charge < -0.3 is 15.8 Å². The summed E-state index contributed by atoms with van der Waals surface area (Å²) in [6.45, 7) is 1.45. The van der Waals surface area contributed by atoms with Crippen molar-refractivity contribution in [2.24, 2.45) is 0 Å². The number of nitrogens with zero attached hydrogens (tertiary/aromatic N) is 2. The van der Waals surface area contributed by atoms with Crippen LogP contribution in [0.2, 0.25) is 0 Å². The van der Waals surface area contributed by atoms with Crippen molar-refractivity contribution in [3.63, 3.8) is 0 Å². The van der Waals surface area contributed by atoms with E-state index in [0.717, 1.165) is 0 Å². The fourth-order valence-corrected chi connectivity index (χ4v) is 1.92. The minimum Gasteiger partial charge on any atom is -0.394 e. The van der Waals surface area contributed by atoms with Crippen LogP contribution in [0.5, 0.6) is 0 Å². The van der Waals surface area contributed by atoms with E-state index < -0.39 is 10.1 Å². The number of methoxy groups -OCH3 is 1. The van der Waals surface area contributed by atoms with Crippen molar-refractivity contribution < 1.29 is 17.7 Å². The van der Waals surface area contributed by atoms with Gasteiger partial charge in [0.2, 0.25) is 0 Å². The molecule has 0 unspecified atom stereocenters. The number of aryl methyl sites for hydroxylation is 1. The van der Waals surface area contributed by atoms with E-state index in [0.29, 0.717) is 31.2 Å². The molecule has 0 aliphatic heterocycles. The number of hydrogen-bond donors (Lipinski definition) is 3. The number of anilines is 2. The molecule has 0 atom stereocenters. The highest BCUT2D eigenvalue weighted by Gasteiger charge is 2.09. The molecule has 4 N–H and O–H groups in total. The van der Waals surface area contributed by atoms with Gasteiger partial charge in [0.25, 0.3) is 10.1 Å². The van der Waals surface area contributed by atoms with Gasteiger partial charge in [0, 0.05) is 20.2 Å². The first kappa shape index (κ1) is 14.7. The summed E-state index contributed by atoms with van der Waals surface area (Å²) in [5.74, 6) is 0.326. The summed E-state index contributed by atoms with van der Waals surface area (Å²) in [6, 6.07) is 0. The average molecular weight is 278 g/mol. The van der Waals surface area contributed by atoms with E-state index in [-0.39, 0.29) is 12.2 Å². The van der Waals surface area contributed by atoms with E-state index in [9.17, 15) is 8.42 Å². The third kappa shape index (κ3) is 4.90. The van der Waals surface area contributed by atoms with E-state index in [1.54, 1.807) is 11.8 Å². The molecule has 0 fully saturated rings. The molecule has 0 amide bonds. The van der Waals surface area contributed by atoms with Gasteiger partial charge in [-0.2, -0.15) is 13.5 Å². The van der Waals surface area contributed by atoms with Crippen molar-refractivity contribution in [1.29, 1.82) is 0 Å². The van der Waals surface area contributed by atoms with Crippen molar-refractivity contribution in [3.8, 4) is 0 Å². The highest BCUT2D eigenvalue weighted by atomic mass is 32.2. The van der Waals surface area contributed by atoms with Gasteiger partial charge in [-0.05, 0) is 6.42 Å². The van der Waals surface area contributed by atoms with Gasteiger partial charge in [-0.15, -0.1) is 0 Å². The van der Waals surface area contributed by atoms with E-state index in [2.05, 4.69) is 10.4 Å². The Hall–Kier alpha value is -1.32. The Morgan fingerprint density at radius 2 is 2.33 bits per heavy atom. The number of nitrogen functional groups attached to an aromatic ring is 1. The zero-order valence-corrected chi connectivity index (χ0v) is 11.0. The second-order valence-corrected chi connectivity index (χ2v) is 5.30. The first-order valence-corrected chi connectivity index (χ1v) is 7.04. The van der Waals surface area contributed by atoms with Crippen molar-refractivity contribution in [3.05, 3.63) is 6.20 Å². The first-order chi connectivity index (χ1) is 8.44. The lowest BCUT2D eigenvalue weighted by molar-refractivity contribution is 0.210. The van der Waals surface area contributed by atoms with Crippen LogP contribution in [0, 0.1) is 0 Å². The van der Waals surface area contributed by atoms with Crippen LogP contribution < -0.4 is 11.1 Å². The lowest BCUT2D eigenvalue weighted by atomic mass is 10.4. The summed E-state index contributed by atoms with van der Waals surface area (Å²) in [5, 5.41) is 7.07. The lowest BCUT2D eigenvalue weighted by Crippen LogP contribution is -2.15. The maximum atomic E-state index is 10.6. The molecule has 0 bridgehead atoms. The topological polar surface area (TPSA) is 119 Å². The fourth-order valence-electron chi connectivity index (χ4n) is 1.43. The van der Waals surface area contributed by atoms with Gasteiger partial charge in [-0.25, -0.2) is 4.68 Å². The SMILES string of the molecule is COCCNc1c(N)cnn1CCCS(=O)(=O)O. The maximum Gasteiger partial charge on any atom is 0.264 e. The van der Waals surface area contributed by atoms with Gasteiger partial charge in [-0.1, -0.05) is 0 Å². The molecule has 8 nitrogen and oxygen atoms in total. The molecule has 0 radical (unpaired) electrons. The summed E-state index contributed by atoms with van der Waals surface area (Å²) in [6.07, 6.45) is 1.75. The van der Waals surface area contributed by atoms with Crippen molar-refractivity contribution >= 4 is 21.6 Å². The van der Waals surface area contributed by atoms with Crippen LogP contribution in [-0.2, 0) is 21.4 Å². The number of hydrogen-bond acceptors (Lipinski definition) is 6. The Kier molecular flexibility index (Phi) is 5.38. The van der Waals surface area contributed by atoms with Crippen LogP contribution in [0.3, 0.4) is 0 Å². The molecule has 0 aliphatic rings. The Labute approximate surface area is 106 Å². The highest BCUT2D eigenvalue weighted by Crippen LogP contribution is 2.17. The quantitative estimate of drug-likeness (QED) is 0.445. The second kappa shape index (κ2) is 6.57. The zero-order chi connectivity index (χ0) is 13.6. The van der Waals surface area contributed by atoms with Crippen LogP contribution in [0.25, 0.3) is 0 Å². The molecular formula is C9H18N4O4S. The molecule has 0 aliphatic carbocycles. The number of nitrogens with two attached hydrogens (primary N) is 1. The largest absolute Gasteiger partial charge is 0.394 e. The Morgan fingerprint density at radius 3 is 2.94 bits per heavy atom. The van der Waals surface area contributed by atoms with Gasteiger partial charge in [0.1, 0.15) is 5.82 Å². The molecular weight excluding hydrogens is 260 g/mol. The van der Waals surface area contributed by atoms with Crippen LogP contribution in [0.1, 0.15) is 6.42 Å². The second-order valence-electron chi connectivity index (χ2n) is 3.73. The molecule has 18 heavy (non-hydrogen) atoms. The molecule has 0 spiro atoms. The third-order valence-electron chi connectivity index (χ3n) is 2.24. The Balaban J connectivity index is 2.54. The van der Waals surface area contributed by atoms with Crippen LogP contribution in [0.4, 0.5) is 11.5 Å². The maximum absolute atomic E-state index is 10.6. The van der Waals surface area contributed by atoms with Gasteiger partial charge in [0.15, 0.2) is 0 Å². The number of aromatic nitrogens is 2. The molecule has 104 valence electrons. The summed E-state index contributed by atoms with van der Waals surface area (Å²) in [7, 11) is -2.34. The molecule has 0 aromatic carbocycles. The lowest BCUT2D eigenvalue weighted by Gasteiger charge is -2.10. The molecule has 0 saturated carbocycles. The summed E-state index contributed by atoms with van der Waals surface area (Å²) >= 11 is 0. The summed E-state index contributed by atoms with van der Waals surface area (Å²) in [5.41, 5.74) is 6.21. The normalized spacial score (nSPS) is 11.7. The number of ether oxygens (including phenoxy) is 1. The molecule has 1 heterocycles. The Morgan fingerprint density at radius 1 is 1.61 bits per heavy atom. The van der Waals surface area contributed by atoms with Crippen molar-refractivity contribution in [2.45, 2.75) is 13.0 Å². The minimum atomic E-state index is -3.93. The van der Waals surface area contributed by atoms with Gasteiger partial charge >= 0.3 is 0 Å². The van der Waals surface area contributed by atoms with E-state index in [1.165, 1.54) is 6.20 Å². The summed E-state index contributed by atoms with van der Waals surface area (Å²) in [4.78, 5) is 0. The van der Waals surface area contributed by atoms with Gasteiger partial charge in [-0.3, -0.25) is 4.55 Å². The van der Waals surface area contributed by atoms with E-state index in [1.807, 2.05) is 0 Å².